The Labute approximate surface area is 189 Å². The van der Waals surface area contributed by atoms with E-state index in [1.54, 1.807) is 0 Å². The summed E-state index contributed by atoms with van der Waals surface area (Å²) in [4.78, 5) is 15.8. The molecule has 1 amide bonds. The molecule has 0 spiro atoms. The van der Waals surface area contributed by atoms with Crippen molar-refractivity contribution in [1.82, 2.24) is 16.0 Å². The van der Waals surface area contributed by atoms with E-state index >= 15 is 0 Å². The molecule has 0 saturated carbocycles. The number of hydrogen-bond acceptors (Lipinski definition) is 2. The van der Waals surface area contributed by atoms with E-state index in [1.807, 2.05) is 30.3 Å². The topological polar surface area (TPSA) is 65.5 Å². The van der Waals surface area contributed by atoms with Gasteiger partial charge in [-0.3, -0.25) is 9.79 Å². The summed E-state index contributed by atoms with van der Waals surface area (Å²) in [6.45, 7) is 0.134. The molecule has 2 aromatic carbocycles. The van der Waals surface area contributed by atoms with E-state index in [2.05, 4.69) is 20.9 Å². The molecule has 0 aliphatic heterocycles. The Hall–Kier alpha value is -2.37. The third kappa shape index (κ3) is 8.56. The number of amides is 1. The smallest absolute Gasteiger partial charge is 0.354 e. The highest BCUT2D eigenvalue weighted by molar-refractivity contribution is 14.0. The van der Waals surface area contributed by atoms with Gasteiger partial charge in [0.05, 0.1) is 12.1 Å². The fourth-order valence-corrected chi connectivity index (χ4v) is 2.58. The predicted octanol–water partition coefficient (Wildman–Crippen LogP) is 3.49. The van der Waals surface area contributed by atoms with Crippen LogP contribution >= 0.6 is 24.0 Å². The number of alkyl halides is 3. The fourth-order valence-electron chi connectivity index (χ4n) is 2.58. The van der Waals surface area contributed by atoms with Gasteiger partial charge in [0, 0.05) is 20.1 Å². The molecule has 0 aromatic heterocycles. The molecule has 0 aliphatic carbocycles. The molecule has 0 unspecified atom stereocenters. The molecule has 0 bridgehead atoms. The van der Waals surface area contributed by atoms with Gasteiger partial charge in [0.2, 0.25) is 5.91 Å². The van der Waals surface area contributed by atoms with Crippen molar-refractivity contribution in [2.24, 2.45) is 4.99 Å². The van der Waals surface area contributed by atoms with Crippen LogP contribution in [0.1, 0.15) is 16.7 Å². The van der Waals surface area contributed by atoms with Gasteiger partial charge in [-0.15, -0.1) is 24.0 Å². The van der Waals surface area contributed by atoms with Crippen LogP contribution in [-0.2, 0) is 23.9 Å². The molecule has 3 N–H and O–H groups in total. The number of carbonyl (C=O) groups excluding carboxylic acids is 1. The van der Waals surface area contributed by atoms with Crippen LogP contribution in [0.15, 0.2) is 53.5 Å². The van der Waals surface area contributed by atoms with Gasteiger partial charge in [-0.1, -0.05) is 36.4 Å². The molecule has 30 heavy (non-hydrogen) atoms. The standard InChI is InChI=1S/C20H22F4N4O.HI/c1-25-19(27-12-15-7-8-16(21)11-17(15)20(22,23)24)28-13-18(29)26-10-9-14-5-3-2-4-6-14;/h2-8,11H,9-10,12-13H2,1H3,(H,26,29)(H2,25,27,28);1H. The van der Waals surface area contributed by atoms with E-state index in [-0.39, 0.29) is 54.5 Å². The number of benzene rings is 2. The molecule has 0 fully saturated rings. The van der Waals surface area contributed by atoms with E-state index in [0.29, 0.717) is 19.0 Å². The minimum absolute atomic E-state index is 0. The summed E-state index contributed by atoms with van der Waals surface area (Å²) in [5.74, 6) is -1.09. The van der Waals surface area contributed by atoms with Crippen LogP contribution in [0.25, 0.3) is 0 Å². The Morgan fingerprint density at radius 3 is 2.37 bits per heavy atom. The molecule has 0 heterocycles. The van der Waals surface area contributed by atoms with Crippen molar-refractivity contribution in [3.63, 3.8) is 0 Å². The van der Waals surface area contributed by atoms with Crippen molar-refractivity contribution >= 4 is 35.8 Å². The van der Waals surface area contributed by atoms with E-state index in [4.69, 9.17) is 0 Å². The first-order valence-corrected chi connectivity index (χ1v) is 8.90. The lowest BCUT2D eigenvalue weighted by Crippen LogP contribution is -2.43. The average Bonchev–Trinajstić information content (AvgIpc) is 2.69. The van der Waals surface area contributed by atoms with E-state index < -0.39 is 17.6 Å². The molecule has 2 aromatic rings. The second kappa shape index (κ2) is 12.4. The number of guanidine groups is 1. The average molecular weight is 538 g/mol. The first-order chi connectivity index (χ1) is 13.8. The number of halogens is 5. The van der Waals surface area contributed by atoms with Crippen LogP contribution in [0, 0.1) is 5.82 Å². The molecule has 0 saturated heterocycles. The molecule has 164 valence electrons. The SMILES string of the molecule is CN=C(NCC(=O)NCCc1ccccc1)NCc1ccc(F)cc1C(F)(F)F.I. The summed E-state index contributed by atoms with van der Waals surface area (Å²) in [5, 5.41) is 8.17. The van der Waals surface area contributed by atoms with Gasteiger partial charge in [-0.2, -0.15) is 13.2 Å². The molecular formula is C20H23F4IN4O. The monoisotopic (exact) mass is 538 g/mol. The maximum absolute atomic E-state index is 13.2. The highest BCUT2D eigenvalue weighted by Crippen LogP contribution is 2.32. The largest absolute Gasteiger partial charge is 0.416 e. The second-order valence-electron chi connectivity index (χ2n) is 6.16. The fraction of sp³-hybridized carbons (Fsp3) is 0.300. The van der Waals surface area contributed by atoms with Gasteiger partial charge in [0.1, 0.15) is 5.82 Å². The summed E-state index contributed by atoms with van der Waals surface area (Å²) in [7, 11) is 1.43. The number of carbonyl (C=O) groups is 1. The minimum atomic E-state index is -4.67. The number of aliphatic imine (C=N–C) groups is 1. The second-order valence-corrected chi connectivity index (χ2v) is 6.16. The van der Waals surface area contributed by atoms with Crippen molar-refractivity contribution in [2.45, 2.75) is 19.1 Å². The molecule has 0 aliphatic rings. The third-order valence-electron chi connectivity index (χ3n) is 4.04. The van der Waals surface area contributed by atoms with Crippen LogP contribution in [-0.4, -0.2) is 32.0 Å². The summed E-state index contributed by atoms with van der Waals surface area (Å²) in [6.07, 6.45) is -3.99. The summed E-state index contributed by atoms with van der Waals surface area (Å²) < 4.78 is 52.3. The molecule has 2 rings (SSSR count). The van der Waals surface area contributed by atoms with Crippen molar-refractivity contribution < 1.29 is 22.4 Å². The summed E-state index contributed by atoms with van der Waals surface area (Å²) in [6, 6.07) is 12.1. The van der Waals surface area contributed by atoms with Gasteiger partial charge in [-0.05, 0) is 29.7 Å². The quantitative estimate of drug-likeness (QED) is 0.219. The molecular weight excluding hydrogens is 515 g/mol. The van der Waals surface area contributed by atoms with Crippen molar-refractivity contribution in [3.8, 4) is 0 Å². The maximum Gasteiger partial charge on any atom is 0.416 e. The minimum Gasteiger partial charge on any atom is -0.354 e. The van der Waals surface area contributed by atoms with Crippen LogP contribution < -0.4 is 16.0 Å². The number of nitrogens with zero attached hydrogens (tertiary/aromatic N) is 1. The highest BCUT2D eigenvalue weighted by atomic mass is 127. The molecule has 10 heteroatoms. The third-order valence-corrected chi connectivity index (χ3v) is 4.04. The van der Waals surface area contributed by atoms with E-state index in [9.17, 15) is 22.4 Å². The normalized spacial score (nSPS) is 11.4. The first-order valence-electron chi connectivity index (χ1n) is 8.90. The molecule has 5 nitrogen and oxygen atoms in total. The Balaban J connectivity index is 0.00000450. The van der Waals surface area contributed by atoms with Crippen molar-refractivity contribution in [2.75, 3.05) is 20.1 Å². The zero-order chi connectivity index (χ0) is 21.3. The molecule has 0 atom stereocenters. The zero-order valence-electron chi connectivity index (χ0n) is 16.2. The number of nitrogens with one attached hydrogen (secondary N) is 3. The summed E-state index contributed by atoms with van der Waals surface area (Å²) >= 11 is 0. The van der Waals surface area contributed by atoms with Crippen LogP contribution in [0.3, 0.4) is 0 Å². The van der Waals surface area contributed by atoms with Crippen LogP contribution in [0.4, 0.5) is 17.6 Å². The lowest BCUT2D eigenvalue weighted by Gasteiger charge is -2.16. The van der Waals surface area contributed by atoms with Gasteiger partial charge in [0.25, 0.3) is 0 Å². The number of hydrogen-bond donors (Lipinski definition) is 3. The van der Waals surface area contributed by atoms with Crippen LogP contribution in [0.5, 0.6) is 0 Å². The lowest BCUT2D eigenvalue weighted by molar-refractivity contribution is -0.138. The molecule has 0 radical (unpaired) electrons. The number of rotatable bonds is 7. The van der Waals surface area contributed by atoms with Gasteiger partial charge in [0.15, 0.2) is 5.96 Å². The Morgan fingerprint density at radius 1 is 1.03 bits per heavy atom. The lowest BCUT2D eigenvalue weighted by atomic mass is 10.1. The van der Waals surface area contributed by atoms with Crippen LogP contribution in [0.2, 0.25) is 0 Å². The zero-order valence-corrected chi connectivity index (χ0v) is 18.6. The maximum atomic E-state index is 13.2. The van der Waals surface area contributed by atoms with E-state index in [0.717, 1.165) is 17.7 Å². The van der Waals surface area contributed by atoms with Crippen molar-refractivity contribution in [3.05, 3.63) is 71.0 Å². The van der Waals surface area contributed by atoms with E-state index in [1.165, 1.54) is 7.05 Å². The Bertz CT molecular complexity index is 844. The van der Waals surface area contributed by atoms with Gasteiger partial charge >= 0.3 is 6.18 Å². The van der Waals surface area contributed by atoms with Crippen molar-refractivity contribution in [1.29, 1.82) is 0 Å². The Kier molecular flexibility index (Phi) is 10.6. The van der Waals surface area contributed by atoms with Gasteiger partial charge < -0.3 is 16.0 Å². The van der Waals surface area contributed by atoms with Gasteiger partial charge in [-0.25, -0.2) is 4.39 Å². The summed E-state index contributed by atoms with van der Waals surface area (Å²) in [5.41, 5.74) is -0.0914. The first kappa shape index (κ1) is 25.7. The Morgan fingerprint density at radius 2 is 1.73 bits per heavy atom. The predicted molar refractivity (Wildman–Crippen MR) is 118 cm³/mol. The highest BCUT2D eigenvalue weighted by Gasteiger charge is 2.33.